The van der Waals surface area contributed by atoms with Crippen LogP contribution in [0.25, 0.3) is 0 Å². The summed E-state index contributed by atoms with van der Waals surface area (Å²) in [5.41, 5.74) is 2.40. The van der Waals surface area contributed by atoms with E-state index >= 15 is 0 Å². The van der Waals surface area contributed by atoms with E-state index in [1.807, 2.05) is 6.07 Å². The Morgan fingerprint density at radius 1 is 1.13 bits per heavy atom. The van der Waals surface area contributed by atoms with Crippen molar-refractivity contribution >= 4 is 11.6 Å². The summed E-state index contributed by atoms with van der Waals surface area (Å²) in [6.07, 6.45) is 2.38. The lowest BCUT2D eigenvalue weighted by Gasteiger charge is -2.20. The van der Waals surface area contributed by atoms with Crippen molar-refractivity contribution in [3.8, 4) is 0 Å². The van der Waals surface area contributed by atoms with Crippen LogP contribution >= 0.6 is 0 Å². The van der Waals surface area contributed by atoms with Crippen LogP contribution in [0.1, 0.15) is 29.9 Å². The summed E-state index contributed by atoms with van der Waals surface area (Å²) >= 11 is 0. The molecule has 4 nitrogen and oxygen atoms in total. The molecule has 0 aliphatic heterocycles. The van der Waals surface area contributed by atoms with E-state index in [9.17, 15) is 9.18 Å². The summed E-state index contributed by atoms with van der Waals surface area (Å²) in [5.74, 6) is -0.450. The second-order valence-corrected chi connectivity index (χ2v) is 5.21. The Hall–Kier alpha value is -2.43. The van der Waals surface area contributed by atoms with E-state index in [0.29, 0.717) is 18.7 Å². The molecule has 23 heavy (non-hydrogen) atoms. The number of pyridine rings is 1. The van der Waals surface area contributed by atoms with Gasteiger partial charge in [0, 0.05) is 19.6 Å². The van der Waals surface area contributed by atoms with Gasteiger partial charge in [-0.1, -0.05) is 12.1 Å². The van der Waals surface area contributed by atoms with Crippen LogP contribution in [0.4, 0.5) is 10.1 Å². The first-order chi connectivity index (χ1) is 11.1. The monoisotopic (exact) mass is 315 g/mol. The van der Waals surface area contributed by atoms with Gasteiger partial charge in [0.2, 0.25) is 0 Å². The van der Waals surface area contributed by atoms with E-state index in [1.54, 1.807) is 24.4 Å². The Balaban J connectivity index is 1.86. The predicted molar refractivity (Wildman–Crippen MR) is 90.2 cm³/mol. The fourth-order valence-corrected chi connectivity index (χ4v) is 2.36. The largest absolute Gasteiger partial charge is 0.371 e. The van der Waals surface area contributed by atoms with E-state index in [-0.39, 0.29) is 11.7 Å². The molecule has 0 spiro atoms. The van der Waals surface area contributed by atoms with Gasteiger partial charge in [0.05, 0.1) is 11.9 Å². The summed E-state index contributed by atoms with van der Waals surface area (Å²) in [4.78, 5) is 18.5. The number of benzene rings is 1. The zero-order valence-corrected chi connectivity index (χ0v) is 13.6. The molecule has 0 radical (unpaired) electrons. The maximum absolute atomic E-state index is 12.8. The fraction of sp³-hybridized carbons (Fsp3) is 0.333. The number of hydrogen-bond acceptors (Lipinski definition) is 3. The van der Waals surface area contributed by atoms with Crippen LogP contribution < -0.4 is 10.2 Å². The van der Waals surface area contributed by atoms with Gasteiger partial charge in [-0.05, 0) is 50.1 Å². The predicted octanol–water partition coefficient (Wildman–Crippen LogP) is 3.04. The van der Waals surface area contributed by atoms with E-state index in [4.69, 9.17) is 0 Å². The summed E-state index contributed by atoms with van der Waals surface area (Å²) in [5, 5.41) is 2.83. The molecule has 5 heteroatoms. The smallest absolute Gasteiger partial charge is 0.269 e. The van der Waals surface area contributed by atoms with Crippen LogP contribution in [0.3, 0.4) is 0 Å². The molecule has 0 atom stereocenters. The third kappa shape index (κ3) is 4.77. The number of halogens is 1. The number of carbonyl (C=O) groups excluding carboxylic acids is 1. The van der Waals surface area contributed by atoms with Crippen LogP contribution in [0.5, 0.6) is 0 Å². The van der Waals surface area contributed by atoms with E-state index in [2.05, 4.69) is 29.0 Å². The van der Waals surface area contributed by atoms with Crippen LogP contribution in [-0.4, -0.2) is 30.5 Å². The maximum Gasteiger partial charge on any atom is 0.269 e. The van der Waals surface area contributed by atoms with Crippen LogP contribution in [-0.2, 0) is 6.42 Å². The second-order valence-electron chi connectivity index (χ2n) is 5.21. The Morgan fingerprint density at radius 3 is 2.39 bits per heavy atom. The van der Waals surface area contributed by atoms with Crippen LogP contribution in [0.15, 0.2) is 42.6 Å². The molecule has 0 fully saturated rings. The maximum atomic E-state index is 12.8. The molecule has 1 amide bonds. The minimum atomic E-state index is -0.254. The number of anilines is 1. The molecule has 0 bridgehead atoms. The second kappa shape index (κ2) is 8.27. The van der Waals surface area contributed by atoms with Crippen molar-refractivity contribution in [2.24, 2.45) is 0 Å². The van der Waals surface area contributed by atoms with Gasteiger partial charge in [-0.25, -0.2) is 9.37 Å². The van der Waals surface area contributed by atoms with Gasteiger partial charge >= 0.3 is 0 Å². The molecular formula is C18H22FN3O. The van der Waals surface area contributed by atoms with Gasteiger partial charge in [0.1, 0.15) is 11.5 Å². The highest BCUT2D eigenvalue weighted by atomic mass is 19.1. The Bertz CT molecular complexity index is 622. The quantitative estimate of drug-likeness (QED) is 0.854. The first kappa shape index (κ1) is 16.9. The molecule has 122 valence electrons. The molecule has 1 aromatic carbocycles. The van der Waals surface area contributed by atoms with E-state index < -0.39 is 0 Å². The van der Waals surface area contributed by atoms with Gasteiger partial charge < -0.3 is 10.2 Å². The molecule has 0 unspecified atom stereocenters. The first-order valence-electron chi connectivity index (χ1n) is 7.87. The molecule has 1 aromatic heterocycles. The summed E-state index contributed by atoms with van der Waals surface area (Å²) in [7, 11) is 0. The average Bonchev–Trinajstić information content (AvgIpc) is 2.58. The van der Waals surface area contributed by atoms with Crippen LogP contribution in [0, 0.1) is 5.82 Å². The third-order valence-electron chi connectivity index (χ3n) is 3.72. The number of nitrogens with one attached hydrogen (secondary N) is 1. The summed E-state index contributed by atoms with van der Waals surface area (Å²) < 4.78 is 12.8. The Morgan fingerprint density at radius 2 is 1.83 bits per heavy atom. The SMILES string of the molecule is CCN(CC)c1ccc(C(=O)NCCc2ccc(F)cc2)nc1. The first-order valence-corrected chi connectivity index (χ1v) is 7.87. The van der Waals surface area contributed by atoms with E-state index in [1.165, 1.54) is 12.1 Å². The minimum absolute atomic E-state index is 0.196. The lowest BCUT2D eigenvalue weighted by atomic mass is 10.1. The molecule has 1 N–H and O–H groups in total. The van der Waals surface area contributed by atoms with Gasteiger partial charge in [-0.15, -0.1) is 0 Å². The topological polar surface area (TPSA) is 45.2 Å². The van der Waals surface area contributed by atoms with Crippen LogP contribution in [0.2, 0.25) is 0 Å². The third-order valence-corrected chi connectivity index (χ3v) is 3.72. The number of rotatable bonds is 7. The van der Waals surface area contributed by atoms with Crippen molar-refractivity contribution in [1.82, 2.24) is 10.3 Å². The number of hydrogen-bond donors (Lipinski definition) is 1. The normalized spacial score (nSPS) is 10.4. The lowest BCUT2D eigenvalue weighted by molar-refractivity contribution is 0.0949. The average molecular weight is 315 g/mol. The van der Waals surface area contributed by atoms with Gasteiger partial charge in [0.25, 0.3) is 5.91 Å². The number of aromatic nitrogens is 1. The lowest BCUT2D eigenvalue weighted by Crippen LogP contribution is -2.27. The Kier molecular flexibility index (Phi) is 6.09. The molecular weight excluding hydrogens is 293 g/mol. The van der Waals surface area contributed by atoms with Crippen molar-refractivity contribution in [2.75, 3.05) is 24.5 Å². The molecule has 2 aromatic rings. The van der Waals surface area contributed by atoms with E-state index in [0.717, 1.165) is 24.3 Å². The standard InChI is InChI=1S/C18H22FN3O/c1-3-22(4-2)16-9-10-17(21-13-16)18(23)20-12-11-14-5-7-15(19)8-6-14/h5-10,13H,3-4,11-12H2,1-2H3,(H,20,23). The minimum Gasteiger partial charge on any atom is -0.371 e. The van der Waals surface area contributed by atoms with Gasteiger partial charge in [-0.2, -0.15) is 0 Å². The van der Waals surface area contributed by atoms with Crippen molar-refractivity contribution in [3.05, 3.63) is 59.7 Å². The number of amides is 1. The molecule has 0 saturated carbocycles. The number of carbonyl (C=O) groups is 1. The summed E-state index contributed by atoms with van der Waals surface area (Å²) in [6.45, 7) is 6.46. The zero-order valence-electron chi connectivity index (χ0n) is 13.6. The molecule has 2 rings (SSSR count). The number of nitrogens with zero attached hydrogens (tertiary/aromatic N) is 2. The van der Waals surface area contributed by atoms with Gasteiger partial charge in [0.15, 0.2) is 0 Å². The van der Waals surface area contributed by atoms with Crippen molar-refractivity contribution in [1.29, 1.82) is 0 Å². The molecule has 0 aliphatic carbocycles. The van der Waals surface area contributed by atoms with Crippen molar-refractivity contribution in [2.45, 2.75) is 20.3 Å². The highest BCUT2D eigenvalue weighted by Crippen LogP contribution is 2.12. The molecule has 0 saturated heterocycles. The van der Waals surface area contributed by atoms with Crippen molar-refractivity contribution in [3.63, 3.8) is 0 Å². The zero-order chi connectivity index (χ0) is 16.7. The molecule has 1 heterocycles. The Labute approximate surface area is 136 Å². The highest BCUT2D eigenvalue weighted by Gasteiger charge is 2.08. The summed E-state index contributed by atoms with van der Waals surface area (Å²) in [6, 6.07) is 9.93. The highest BCUT2D eigenvalue weighted by molar-refractivity contribution is 5.92. The molecule has 0 aliphatic rings. The van der Waals surface area contributed by atoms with Gasteiger partial charge in [-0.3, -0.25) is 4.79 Å². The van der Waals surface area contributed by atoms with Crippen molar-refractivity contribution < 1.29 is 9.18 Å². The fourth-order valence-electron chi connectivity index (χ4n) is 2.36.